The molecule has 0 saturated carbocycles. The molecule has 61 heavy (non-hydrogen) atoms. The van der Waals surface area contributed by atoms with Gasteiger partial charge in [-0.05, 0) is 72.5 Å². The summed E-state index contributed by atoms with van der Waals surface area (Å²) in [5.74, 6) is -1.82. The average molecular weight is 902 g/mol. The van der Waals surface area contributed by atoms with E-state index in [9.17, 15) is 32.5 Å². The van der Waals surface area contributed by atoms with E-state index in [0.717, 1.165) is 41.7 Å². The molecule has 0 aliphatic carbocycles. The highest BCUT2D eigenvalue weighted by molar-refractivity contribution is 7.99. The Hall–Kier alpha value is -5.31. The smallest absolute Gasteiger partial charge is 0.293 e. The summed E-state index contributed by atoms with van der Waals surface area (Å²) in [7, 11) is -4.31. The third-order valence-electron chi connectivity index (χ3n) is 10.4. The minimum Gasteiger partial charge on any atom is -0.379 e. The molecule has 2 N–H and O–H groups in total. The van der Waals surface area contributed by atoms with E-state index >= 15 is 0 Å². The van der Waals surface area contributed by atoms with Gasteiger partial charge in [0.05, 0.1) is 33.2 Å². The van der Waals surface area contributed by atoms with Crippen LogP contribution in [-0.4, -0.2) is 96.8 Å². The normalized spacial score (nSPS) is 15.0. The first-order chi connectivity index (χ1) is 29.5. The van der Waals surface area contributed by atoms with E-state index in [1.54, 1.807) is 23.9 Å². The first-order valence-electron chi connectivity index (χ1n) is 19.5. The number of nitrogens with one attached hydrogen (secondary N) is 2. The maximum absolute atomic E-state index is 13.7. The first-order valence-corrected chi connectivity index (χ1v) is 23.8. The number of rotatable bonds is 16. The Morgan fingerprint density at radius 2 is 1.82 bits per heavy atom. The number of ketones is 1. The Morgan fingerprint density at radius 1 is 1.00 bits per heavy atom. The van der Waals surface area contributed by atoms with Crippen LogP contribution in [0, 0.1) is 15.9 Å². The van der Waals surface area contributed by atoms with Gasteiger partial charge < -0.3 is 15.0 Å². The molecule has 8 rings (SSSR count). The predicted molar refractivity (Wildman–Crippen MR) is 237 cm³/mol. The minimum absolute atomic E-state index is 0.0421. The highest BCUT2D eigenvalue weighted by Crippen LogP contribution is 2.33. The van der Waals surface area contributed by atoms with Crippen LogP contribution in [0.3, 0.4) is 0 Å². The molecule has 316 valence electrons. The quantitative estimate of drug-likeness (QED) is 0.0421. The molecule has 0 radical (unpaired) electrons. The number of morpholine rings is 1. The summed E-state index contributed by atoms with van der Waals surface area (Å²) in [6, 6.07) is 23.1. The lowest BCUT2D eigenvalue weighted by Crippen LogP contribution is -2.39. The van der Waals surface area contributed by atoms with Crippen LogP contribution < -0.4 is 15.5 Å². The molecule has 0 spiro atoms. The van der Waals surface area contributed by atoms with E-state index in [0.29, 0.717) is 70.9 Å². The van der Waals surface area contributed by atoms with Crippen molar-refractivity contribution in [2.75, 3.05) is 66.4 Å². The summed E-state index contributed by atoms with van der Waals surface area (Å²) in [6.07, 6.45) is 1.29. The van der Waals surface area contributed by atoms with Crippen molar-refractivity contribution in [2.45, 2.75) is 35.2 Å². The molecule has 4 aromatic carbocycles. The Kier molecular flexibility index (Phi) is 13.0. The number of thiazole rings is 2. The molecular formula is C42H40FN7O7S4. The van der Waals surface area contributed by atoms with Gasteiger partial charge in [0, 0.05) is 66.4 Å². The number of nitrogens with zero attached hydrogens (tertiary/aromatic N) is 5. The molecule has 2 aliphatic heterocycles. The third kappa shape index (κ3) is 10.3. The van der Waals surface area contributed by atoms with Crippen molar-refractivity contribution in [1.82, 2.24) is 14.9 Å². The third-order valence-corrected chi connectivity index (χ3v) is 15.1. The van der Waals surface area contributed by atoms with Gasteiger partial charge in [-0.2, -0.15) is 0 Å². The van der Waals surface area contributed by atoms with Gasteiger partial charge in [0.2, 0.25) is 0 Å². The highest BCUT2D eigenvalue weighted by Gasteiger charge is 2.29. The number of hydrogen-bond acceptors (Lipinski definition) is 15. The molecular weight excluding hydrogens is 862 g/mol. The van der Waals surface area contributed by atoms with Crippen LogP contribution in [0.5, 0.6) is 0 Å². The zero-order valence-electron chi connectivity index (χ0n) is 32.6. The van der Waals surface area contributed by atoms with Gasteiger partial charge in [0.15, 0.2) is 25.9 Å². The van der Waals surface area contributed by atoms with Crippen molar-refractivity contribution >= 4 is 87.8 Å². The van der Waals surface area contributed by atoms with Gasteiger partial charge in [-0.3, -0.25) is 29.9 Å². The number of ether oxygens (including phenoxy) is 1. The van der Waals surface area contributed by atoms with Gasteiger partial charge in [-0.25, -0.2) is 22.8 Å². The van der Waals surface area contributed by atoms with Crippen LogP contribution in [-0.2, 0) is 27.5 Å². The number of hydrogen-bond donors (Lipinski definition) is 2. The zero-order chi connectivity index (χ0) is 42.5. The number of benzene rings is 4. The maximum atomic E-state index is 13.7. The summed E-state index contributed by atoms with van der Waals surface area (Å²) in [6.45, 7) is 4.53. The maximum Gasteiger partial charge on any atom is 0.293 e. The molecule has 2 aliphatic rings. The SMILES string of the molecule is O=C(CS(=O)(=O)c1ccc(N[C@H](CCN2CCOCC2)CSc2ccccc2)c([N+](=O)[O-])c1)c1csc(N2CCc3cccc(C(=O)Nc4nc5ccc(F)cc5s4)c3C2)n1. The Labute approximate surface area is 363 Å². The van der Waals surface area contributed by atoms with Crippen LogP contribution in [0.4, 0.5) is 26.0 Å². The number of nitro groups is 1. The van der Waals surface area contributed by atoms with E-state index in [2.05, 4.69) is 25.5 Å². The topological polar surface area (TPSA) is 177 Å². The number of nitro benzene ring substituents is 1. The highest BCUT2D eigenvalue weighted by atomic mass is 32.2. The van der Waals surface area contributed by atoms with Crippen LogP contribution in [0.1, 0.15) is 38.4 Å². The van der Waals surface area contributed by atoms with E-state index in [1.807, 2.05) is 47.4 Å². The molecule has 4 heterocycles. The van der Waals surface area contributed by atoms with E-state index < -0.39 is 37.8 Å². The van der Waals surface area contributed by atoms with Crippen molar-refractivity contribution in [2.24, 2.45) is 0 Å². The molecule has 1 atom stereocenters. The summed E-state index contributed by atoms with van der Waals surface area (Å²) in [5.41, 5.74) is 2.53. The molecule has 19 heteroatoms. The summed E-state index contributed by atoms with van der Waals surface area (Å²) in [5, 5.41) is 20.8. The van der Waals surface area contributed by atoms with Crippen LogP contribution in [0.25, 0.3) is 10.2 Å². The largest absolute Gasteiger partial charge is 0.379 e. The van der Waals surface area contributed by atoms with Gasteiger partial charge in [-0.1, -0.05) is 41.7 Å². The van der Waals surface area contributed by atoms with Crippen LogP contribution >= 0.6 is 34.4 Å². The second-order valence-electron chi connectivity index (χ2n) is 14.5. The van der Waals surface area contributed by atoms with E-state index in [-0.39, 0.29) is 28.2 Å². The van der Waals surface area contributed by atoms with Gasteiger partial charge in [0.1, 0.15) is 23.0 Å². The number of Topliss-reactive ketones (excluding diaryl/α,β-unsaturated/α-hetero) is 1. The molecule has 1 fully saturated rings. The number of carbonyl (C=O) groups excluding carboxylic acids is 2. The van der Waals surface area contributed by atoms with Crippen molar-refractivity contribution < 1.29 is 32.1 Å². The molecule has 14 nitrogen and oxygen atoms in total. The summed E-state index contributed by atoms with van der Waals surface area (Å²) in [4.78, 5) is 52.5. The molecule has 0 bridgehead atoms. The van der Waals surface area contributed by atoms with Crippen molar-refractivity contribution in [3.8, 4) is 0 Å². The molecule has 1 saturated heterocycles. The van der Waals surface area contributed by atoms with Gasteiger partial charge >= 0.3 is 0 Å². The molecule has 1 amide bonds. The Morgan fingerprint density at radius 3 is 2.62 bits per heavy atom. The molecule has 6 aromatic rings. The number of sulfone groups is 1. The Balaban J connectivity index is 0.933. The summed E-state index contributed by atoms with van der Waals surface area (Å²) >= 11 is 3.98. The first kappa shape index (κ1) is 42.4. The van der Waals surface area contributed by atoms with Crippen molar-refractivity contribution in [3.63, 3.8) is 0 Å². The number of fused-ring (bicyclic) bond motifs is 2. The fraction of sp³-hybridized carbons (Fsp3) is 0.286. The lowest BCUT2D eigenvalue weighted by Gasteiger charge is -2.29. The monoisotopic (exact) mass is 901 g/mol. The number of anilines is 3. The average Bonchev–Trinajstić information content (AvgIpc) is 3.92. The molecule has 0 unspecified atom stereocenters. The van der Waals surface area contributed by atoms with Gasteiger partial charge in [-0.15, -0.1) is 23.1 Å². The van der Waals surface area contributed by atoms with Crippen LogP contribution in [0.15, 0.2) is 100 Å². The fourth-order valence-electron chi connectivity index (χ4n) is 7.21. The standard InChI is InChI=1S/C42H40FN7O7S4/c43-28-9-11-35-39(21-28)60-41(45-35)47-40(52)32-8-4-5-27-13-16-49(23-33(27)32)42-46-36(25-59-42)38(51)26-61(55,56)31-10-12-34(37(22-31)50(53)54)44-29(14-15-48-17-19-57-20-18-48)24-58-30-6-2-1-3-7-30/h1-12,21-22,25,29,44H,13-20,23-24,26H2,(H,45,47,52)/t29-/m1/s1. The lowest BCUT2D eigenvalue weighted by atomic mass is 9.94. The number of aromatic nitrogens is 2. The van der Waals surface area contributed by atoms with E-state index in [4.69, 9.17) is 4.74 Å². The van der Waals surface area contributed by atoms with E-state index in [1.165, 1.54) is 52.3 Å². The Bertz CT molecular complexity index is 2690. The molecule has 2 aromatic heterocycles. The van der Waals surface area contributed by atoms with Crippen molar-refractivity contribution in [1.29, 1.82) is 0 Å². The number of thioether (sulfide) groups is 1. The predicted octanol–water partition coefficient (Wildman–Crippen LogP) is 7.57. The second-order valence-corrected chi connectivity index (χ2v) is 19.5. The second kappa shape index (κ2) is 18.8. The number of carbonyl (C=O) groups is 2. The van der Waals surface area contributed by atoms with Gasteiger partial charge in [0.25, 0.3) is 11.6 Å². The van der Waals surface area contributed by atoms with Crippen molar-refractivity contribution in [3.05, 3.63) is 129 Å². The lowest BCUT2D eigenvalue weighted by molar-refractivity contribution is -0.384. The minimum atomic E-state index is -4.31. The fourth-order valence-corrected chi connectivity index (χ4v) is 11.2. The van der Waals surface area contributed by atoms with Crippen LogP contribution in [0.2, 0.25) is 0 Å². The summed E-state index contributed by atoms with van der Waals surface area (Å²) < 4.78 is 47.1. The number of halogens is 1. The number of amides is 1. The zero-order valence-corrected chi connectivity index (χ0v) is 35.9.